The van der Waals surface area contributed by atoms with Gasteiger partial charge in [0.05, 0.1) is 9.95 Å². The highest BCUT2D eigenvalue weighted by Crippen LogP contribution is 2.33. The summed E-state index contributed by atoms with van der Waals surface area (Å²) in [5.74, 6) is -0.0391. The van der Waals surface area contributed by atoms with Crippen LogP contribution in [0.1, 0.15) is 44.0 Å². The first-order chi connectivity index (χ1) is 9.81. The van der Waals surface area contributed by atoms with Crippen molar-refractivity contribution >= 4 is 34.8 Å². The number of nitrogens with one attached hydrogen (secondary N) is 1. The highest BCUT2D eigenvalue weighted by Gasteiger charge is 2.22. The van der Waals surface area contributed by atoms with E-state index in [-0.39, 0.29) is 27.3 Å². The van der Waals surface area contributed by atoms with Gasteiger partial charge < -0.3 is 5.32 Å². The molecule has 0 aliphatic heterocycles. The highest BCUT2D eigenvalue weighted by atomic mass is 35.5. The fourth-order valence-electron chi connectivity index (χ4n) is 2.24. The number of hydrogen-bond acceptors (Lipinski definition) is 3. The number of carbonyl (C=O) groups is 1. The van der Waals surface area contributed by atoms with Crippen molar-refractivity contribution in [2.24, 2.45) is 5.92 Å². The standard InChI is InChI=1S/C14H18Cl2N2O3/c1-4-9(5-2)8(3)17-14(19)10-6-11(15)13(16)12(7-10)18(20)21/h6-9H,4-5H2,1-3H3,(H,17,19). The minimum absolute atomic E-state index is 0.00815. The molecule has 0 aliphatic rings. The second kappa shape index (κ2) is 7.61. The fourth-order valence-corrected chi connectivity index (χ4v) is 2.63. The lowest BCUT2D eigenvalue weighted by Crippen LogP contribution is -2.37. The van der Waals surface area contributed by atoms with Crippen LogP contribution in [0.4, 0.5) is 5.69 Å². The summed E-state index contributed by atoms with van der Waals surface area (Å²) in [5, 5.41) is 13.6. The largest absolute Gasteiger partial charge is 0.349 e. The molecule has 0 heterocycles. The van der Waals surface area contributed by atoms with Crippen molar-refractivity contribution in [2.75, 3.05) is 0 Å². The molecule has 1 aromatic rings. The Morgan fingerprint density at radius 3 is 2.38 bits per heavy atom. The topological polar surface area (TPSA) is 72.2 Å². The molecule has 0 bridgehead atoms. The Bertz CT molecular complexity index is 545. The summed E-state index contributed by atoms with van der Waals surface area (Å²) in [6.45, 7) is 6.03. The van der Waals surface area contributed by atoms with Gasteiger partial charge in [0.1, 0.15) is 5.02 Å². The van der Waals surface area contributed by atoms with Crippen LogP contribution in [-0.2, 0) is 0 Å². The van der Waals surface area contributed by atoms with Gasteiger partial charge in [0.15, 0.2) is 0 Å². The Kier molecular flexibility index (Phi) is 6.42. The van der Waals surface area contributed by atoms with Crippen LogP contribution in [0.15, 0.2) is 12.1 Å². The number of hydrogen-bond donors (Lipinski definition) is 1. The third-order valence-corrected chi connectivity index (χ3v) is 4.37. The third kappa shape index (κ3) is 4.32. The molecule has 1 rings (SSSR count). The number of halogens is 2. The number of rotatable bonds is 6. The van der Waals surface area contributed by atoms with E-state index in [1.165, 1.54) is 6.07 Å². The van der Waals surface area contributed by atoms with Crippen LogP contribution in [0, 0.1) is 16.0 Å². The Labute approximate surface area is 133 Å². The molecule has 1 amide bonds. The van der Waals surface area contributed by atoms with E-state index < -0.39 is 10.8 Å². The molecule has 1 N–H and O–H groups in total. The zero-order valence-electron chi connectivity index (χ0n) is 12.2. The summed E-state index contributed by atoms with van der Waals surface area (Å²) in [4.78, 5) is 22.4. The molecule has 5 nitrogen and oxygen atoms in total. The first-order valence-corrected chi connectivity index (χ1v) is 7.51. The van der Waals surface area contributed by atoms with Gasteiger partial charge in [-0.1, -0.05) is 49.9 Å². The summed E-state index contributed by atoms with van der Waals surface area (Å²) in [6, 6.07) is 2.45. The molecule has 21 heavy (non-hydrogen) atoms. The minimum Gasteiger partial charge on any atom is -0.349 e. The molecule has 0 saturated heterocycles. The summed E-state index contributed by atoms with van der Waals surface area (Å²) in [7, 11) is 0. The lowest BCUT2D eigenvalue weighted by Gasteiger charge is -2.22. The molecule has 0 spiro atoms. The van der Waals surface area contributed by atoms with Crippen molar-refractivity contribution in [3.05, 3.63) is 37.9 Å². The molecule has 0 saturated carbocycles. The smallest absolute Gasteiger partial charge is 0.290 e. The first-order valence-electron chi connectivity index (χ1n) is 6.76. The van der Waals surface area contributed by atoms with Crippen LogP contribution in [0.3, 0.4) is 0 Å². The summed E-state index contributed by atoms with van der Waals surface area (Å²) >= 11 is 11.6. The maximum Gasteiger partial charge on any atom is 0.290 e. The van der Waals surface area contributed by atoms with Crippen molar-refractivity contribution in [1.29, 1.82) is 0 Å². The normalized spacial score (nSPS) is 12.3. The molecule has 1 unspecified atom stereocenters. The quantitative estimate of drug-likeness (QED) is 0.617. The van der Waals surface area contributed by atoms with Crippen molar-refractivity contribution in [3.8, 4) is 0 Å². The van der Waals surface area contributed by atoms with E-state index in [1.807, 2.05) is 6.92 Å². The molecule has 0 aromatic heterocycles. The first kappa shape index (κ1) is 17.7. The zero-order valence-corrected chi connectivity index (χ0v) is 13.7. The molecular formula is C14H18Cl2N2O3. The average molecular weight is 333 g/mol. The van der Waals surface area contributed by atoms with Gasteiger partial charge in [-0.3, -0.25) is 14.9 Å². The molecule has 7 heteroatoms. The van der Waals surface area contributed by atoms with Crippen molar-refractivity contribution in [1.82, 2.24) is 5.32 Å². The predicted octanol–water partition coefficient (Wildman–Crippen LogP) is 4.46. The second-order valence-electron chi connectivity index (χ2n) is 4.89. The Hall–Kier alpha value is -1.33. The van der Waals surface area contributed by atoms with Gasteiger partial charge in [0.2, 0.25) is 0 Å². The lowest BCUT2D eigenvalue weighted by atomic mass is 9.95. The highest BCUT2D eigenvalue weighted by molar-refractivity contribution is 6.43. The van der Waals surface area contributed by atoms with Crippen molar-refractivity contribution < 1.29 is 9.72 Å². The summed E-state index contributed by atoms with van der Waals surface area (Å²) < 4.78 is 0. The summed E-state index contributed by atoms with van der Waals surface area (Å²) in [6.07, 6.45) is 1.89. The van der Waals surface area contributed by atoms with Gasteiger partial charge in [-0.25, -0.2) is 0 Å². The van der Waals surface area contributed by atoms with E-state index in [1.54, 1.807) is 0 Å². The number of nitro benzene ring substituents is 1. The predicted molar refractivity (Wildman–Crippen MR) is 84.1 cm³/mol. The minimum atomic E-state index is -0.657. The molecular weight excluding hydrogens is 315 g/mol. The number of benzene rings is 1. The van der Waals surface area contributed by atoms with Gasteiger partial charge in [-0.2, -0.15) is 0 Å². The van der Waals surface area contributed by atoms with Gasteiger partial charge in [-0.15, -0.1) is 0 Å². The van der Waals surface area contributed by atoms with E-state index in [2.05, 4.69) is 19.2 Å². The van der Waals surface area contributed by atoms with Crippen molar-refractivity contribution in [3.63, 3.8) is 0 Å². The van der Waals surface area contributed by atoms with Gasteiger partial charge in [0, 0.05) is 17.7 Å². The van der Waals surface area contributed by atoms with Crippen LogP contribution in [0.5, 0.6) is 0 Å². The van der Waals surface area contributed by atoms with Crippen LogP contribution < -0.4 is 5.32 Å². The molecule has 0 radical (unpaired) electrons. The maximum absolute atomic E-state index is 12.2. The van der Waals surface area contributed by atoms with Crippen LogP contribution in [-0.4, -0.2) is 16.9 Å². The molecule has 116 valence electrons. The fraction of sp³-hybridized carbons (Fsp3) is 0.500. The Morgan fingerprint density at radius 2 is 1.90 bits per heavy atom. The molecule has 0 aliphatic carbocycles. The molecule has 0 fully saturated rings. The van der Waals surface area contributed by atoms with E-state index >= 15 is 0 Å². The average Bonchev–Trinajstić information content (AvgIpc) is 2.42. The van der Waals surface area contributed by atoms with Gasteiger partial charge >= 0.3 is 0 Å². The Morgan fingerprint density at radius 1 is 1.33 bits per heavy atom. The zero-order chi connectivity index (χ0) is 16.2. The molecule has 1 atom stereocenters. The van der Waals surface area contributed by atoms with Crippen LogP contribution in [0.25, 0.3) is 0 Å². The Balaban J connectivity index is 3.01. The summed E-state index contributed by atoms with van der Waals surface area (Å²) in [5.41, 5.74) is -0.238. The van der Waals surface area contributed by atoms with E-state index in [0.29, 0.717) is 5.92 Å². The van der Waals surface area contributed by atoms with E-state index in [4.69, 9.17) is 23.2 Å². The van der Waals surface area contributed by atoms with Gasteiger partial charge in [0.25, 0.3) is 11.6 Å². The number of nitrogens with zero attached hydrogens (tertiary/aromatic N) is 1. The number of carbonyl (C=O) groups excluding carboxylic acids is 1. The maximum atomic E-state index is 12.2. The van der Waals surface area contributed by atoms with Crippen LogP contribution in [0.2, 0.25) is 10.0 Å². The lowest BCUT2D eigenvalue weighted by molar-refractivity contribution is -0.384. The second-order valence-corrected chi connectivity index (χ2v) is 5.67. The third-order valence-electron chi connectivity index (χ3n) is 3.58. The number of amides is 1. The monoisotopic (exact) mass is 332 g/mol. The number of nitro groups is 1. The molecule has 1 aromatic carbocycles. The van der Waals surface area contributed by atoms with E-state index in [0.717, 1.165) is 18.9 Å². The van der Waals surface area contributed by atoms with E-state index in [9.17, 15) is 14.9 Å². The van der Waals surface area contributed by atoms with Crippen LogP contribution >= 0.6 is 23.2 Å². The van der Waals surface area contributed by atoms with Gasteiger partial charge in [-0.05, 0) is 18.9 Å². The van der Waals surface area contributed by atoms with Crippen molar-refractivity contribution in [2.45, 2.75) is 39.7 Å². The SMILES string of the molecule is CCC(CC)C(C)NC(=O)c1cc(Cl)c(Cl)c([N+](=O)[O-])c1.